The van der Waals surface area contributed by atoms with E-state index in [1.165, 1.54) is 12.0 Å². The highest BCUT2D eigenvalue weighted by Gasteiger charge is 2.59. The van der Waals surface area contributed by atoms with Crippen LogP contribution in [-0.2, 0) is 4.74 Å². The second kappa shape index (κ2) is 5.96. The number of hydrogen-bond donors (Lipinski definition) is 1. The van der Waals surface area contributed by atoms with Crippen LogP contribution >= 0.6 is 0 Å². The normalized spacial score (nSPS) is 30.9. The number of amides is 2. The topological polar surface area (TPSA) is 50.8 Å². The van der Waals surface area contributed by atoms with Gasteiger partial charge in [-0.3, -0.25) is 4.90 Å². The lowest BCUT2D eigenvalue weighted by Gasteiger charge is -2.59. The van der Waals surface area contributed by atoms with Gasteiger partial charge in [0.25, 0.3) is 0 Å². The van der Waals surface area contributed by atoms with Gasteiger partial charge in [-0.25, -0.2) is 4.79 Å². The summed E-state index contributed by atoms with van der Waals surface area (Å²) in [5, 5.41) is 3.25. The third-order valence-electron chi connectivity index (χ3n) is 5.71. The van der Waals surface area contributed by atoms with E-state index >= 15 is 0 Å². The van der Waals surface area contributed by atoms with Gasteiger partial charge >= 0.3 is 6.03 Å². The van der Waals surface area contributed by atoms with Crippen molar-refractivity contribution >= 4 is 6.03 Å². The van der Waals surface area contributed by atoms with Crippen molar-refractivity contribution in [3.63, 3.8) is 0 Å². The predicted molar refractivity (Wildman–Crippen MR) is 91.0 cm³/mol. The maximum absolute atomic E-state index is 12.8. The van der Waals surface area contributed by atoms with Crippen LogP contribution in [0.2, 0.25) is 0 Å². The molecular weight excluding hydrogens is 304 g/mol. The molecule has 3 atom stereocenters. The van der Waals surface area contributed by atoms with E-state index in [4.69, 9.17) is 9.47 Å². The van der Waals surface area contributed by atoms with Gasteiger partial charge in [-0.1, -0.05) is 24.1 Å². The number of rotatable bonds is 4. The molecule has 1 saturated heterocycles. The number of hydrogen-bond acceptors (Lipinski definition) is 3. The smallest absolute Gasteiger partial charge is 0.321 e. The Bertz CT molecular complexity index is 647. The quantitative estimate of drug-likeness (QED) is 0.861. The minimum Gasteiger partial charge on any atom is -0.467 e. The van der Waals surface area contributed by atoms with Crippen LogP contribution in [0.25, 0.3) is 0 Å². The maximum atomic E-state index is 12.8. The standard InChI is InChI=1S/C19H26N2O3/c1-3-23-11-10-21-18(22)20-17-14-12-13(2)7-8-16(14)24-19(21)9-5-4-6-15(17)19/h7-8,12,15,17H,3-6,9-11H2,1-2H3,(H,20,22). The van der Waals surface area contributed by atoms with Gasteiger partial charge in [-0.05, 0) is 32.8 Å². The molecule has 0 radical (unpaired) electrons. The van der Waals surface area contributed by atoms with E-state index in [9.17, 15) is 4.79 Å². The van der Waals surface area contributed by atoms with Gasteiger partial charge in [0.2, 0.25) is 0 Å². The summed E-state index contributed by atoms with van der Waals surface area (Å²) in [5.41, 5.74) is 1.83. The fourth-order valence-electron chi connectivity index (χ4n) is 4.66. The van der Waals surface area contributed by atoms with Gasteiger partial charge in [0.15, 0.2) is 5.72 Å². The van der Waals surface area contributed by atoms with Gasteiger partial charge in [0, 0.05) is 31.1 Å². The van der Waals surface area contributed by atoms with Crippen molar-refractivity contribution in [3.05, 3.63) is 29.3 Å². The van der Waals surface area contributed by atoms with Gasteiger partial charge in [-0.2, -0.15) is 0 Å². The molecule has 24 heavy (non-hydrogen) atoms. The Kier molecular flexibility index (Phi) is 3.91. The average molecular weight is 330 g/mol. The Balaban J connectivity index is 1.75. The Morgan fingerprint density at radius 1 is 1.42 bits per heavy atom. The molecule has 1 N–H and O–H groups in total. The van der Waals surface area contributed by atoms with Gasteiger partial charge in [0.1, 0.15) is 5.75 Å². The molecule has 1 aromatic carbocycles. The first-order chi connectivity index (χ1) is 11.7. The predicted octanol–water partition coefficient (Wildman–Crippen LogP) is 3.38. The number of aryl methyl sites for hydroxylation is 1. The van der Waals surface area contributed by atoms with Crippen LogP contribution in [0.3, 0.4) is 0 Å². The summed E-state index contributed by atoms with van der Waals surface area (Å²) in [4.78, 5) is 14.7. The molecule has 2 aliphatic heterocycles. The summed E-state index contributed by atoms with van der Waals surface area (Å²) in [6, 6.07) is 6.34. The maximum Gasteiger partial charge on any atom is 0.321 e. The molecule has 0 spiro atoms. The molecule has 2 amide bonds. The van der Waals surface area contributed by atoms with E-state index in [-0.39, 0.29) is 12.1 Å². The van der Waals surface area contributed by atoms with Crippen molar-refractivity contribution in [2.75, 3.05) is 19.8 Å². The Morgan fingerprint density at radius 2 is 2.29 bits per heavy atom. The first kappa shape index (κ1) is 15.8. The fraction of sp³-hybridized carbons (Fsp3) is 0.632. The van der Waals surface area contributed by atoms with Gasteiger partial charge in [-0.15, -0.1) is 0 Å². The molecule has 1 aromatic rings. The molecule has 3 aliphatic rings. The summed E-state index contributed by atoms with van der Waals surface area (Å²) >= 11 is 0. The molecule has 5 nitrogen and oxygen atoms in total. The summed E-state index contributed by atoms with van der Waals surface area (Å²) in [5.74, 6) is 1.23. The molecule has 2 bridgehead atoms. The molecule has 2 heterocycles. The Hall–Kier alpha value is -1.75. The Morgan fingerprint density at radius 3 is 3.12 bits per heavy atom. The zero-order valence-electron chi connectivity index (χ0n) is 14.5. The number of nitrogens with one attached hydrogen (secondary N) is 1. The van der Waals surface area contributed by atoms with Crippen molar-refractivity contribution in [3.8, 4) is 5.75 Å². The third kappa shape index (κ3) is 2.29. The minimum atomic E-state index is -0.509. The van der Waals surface area contributed by atoms with E-state index in [0.29, 0.717) is 25.7 Å². The lowest BCUT2D eigenvalue weighted by Crippen LogP contribution is -2.72. The second-order valence-electron chi connectivity index (χ2n) is 7.12. The number of carbonyl (C=O) groups is 1. The van der Waals surface area contributed by atoms with Crippen molar-refractivity contribution in [1.82, 2.24) is 10.2 Å². The van der Waals surface area contributed by atoms with E-state index in [0.717, 1.165) is 30.6 Å². The van der Waals surface area contributed by atoms with Crippen LogP contribution in [0, 0.1) is 12.8 Å². The first-order valence-electron chi connectivity index (χ1n) is 9.11. The molecule has 3 unspecified atom stereocenters. The van der Waals surface area contributed by atoms with Crippen LogP contribution in [-0.4, -0.2) is 36.4 Å². The lowest BCUT2D eigenvalue weighted by atomic mass is 9.70. The SMILES string of the molecule is CCOCCN1C(=O)NC2c3cc(C)ccc3OC13CCCCC23. The molecule has 5 heteroatoms. The monoisotopic (exact) mass is 330 g/mol. The highest BCUT2D eigenvalue weighted by molar-refractivity contribution is 5.78. The summed E-state index contributed by atoms with van der Waals surface area (Å²) in [6.07, 6.45) is 4.29. The van der Waals surface area contributed by atoms with Gasteiger partial charge in [0.05, 0.1) is 12.6 Å². The van der Waals surface area contributed by atoms with Crippen LogP contribution < -0.4 is 10.1 Å². The van der Waals surface area contributed by atoms with Crippen LogP contribution in [0.4, 0.5) is 4.79 Å². The average Bonchev–Trinajstić information content (AvgIpc) is 2.58. The zero-order valence-corrected chi connectivity index (χ0v) is 14.5. The number of carbonyl (C=O) groups excluding carboxylic acids is 1. The molecule has 4 rings (SSSR count). The van der Waals surface area contributed by atoms with Crippen LogP contribution in [0.1, 0.15) is 49.8 Å². The lowest BCUT2D eigenvalue weighted by molar-refractivity contribution is -0.165. The molecule has 1 saturated carbocycles. The van der Waals surface area contributed by atoms with E-state index in [2.05, 4.69) is 30.4 Å². The fourth-order valence-corrected chi connectivity index (χ4v) is 4.66. The Labute approximate surface area is 143 Å². The number of fused-ring (bicyclic) bond motifs is 2. The summed E-state index contributed by atoms with van der Waals surface area (Å²) in [7, 11) is 0. The van der Waals surface area contributed by atoms with Crippen molar-refractivity contribution in [2.24, 2.45) is 5.92 Å². The third-order valence-corrected chi connectivity index (χ3v) is 5.71. The molecule has 2 fully saturated rings. The number of ether oxygens (including phenoxy) is 2. The van der Waals surface area contributed by atoms with E-state index < -0.39 is 5.72 Å². The number of benzene rings is 1. The van der Waals surface area contributed by atoms with Crippen LogP contribution in [0.5, 0.6) is 5.75 Å². The molecule has 1 aliphatic carbocycles. The largest absolute Gasteiger partial charge is 0.467 e. The van der Waals surface area contributed by atoms with Gasteiger partial charge < -0.3 is 14.8 Å². The highest BCUT2D eigenvalue weighted by atomic mass is 16.5. The summed E-state index contributed by atoms with van der Waals surface area (Å²) in [6.45, 7) is 5.85. The minimum absolute atomic E-state index is 0.0231. The number of nitrogens with zero attached hydrogens (tertiary/aromatic N) is 1. The van der Waals surface area contributed by atoms with Crippen molar-refractivity contribution in [1.29, 1.82) is 0 Å². The van der Waals surface area contributed by atoms with Crippen molar-refractivity contribution in [2.45, 2.75) is 51.3 Å². The first-order valence-corrected chi connectivity index (χ1v) is 9.11. The number of urea groups is 1. The molecular formula is C19H26N2O3. The molecule has 130 valence electrons. The van der Waals surface area contributed by atoms with Crippen LogP contribution in [0.15, 0.2) is 18.2 Å². The second-order valence-corrected chi connectivity index (χ2v) is 7.12. The zero-order chi connectivity index (χ0) is 16.7. The van der Waals surface area contributed by atoms with E-state index in [1.54, 1.807) is 0 Å². The van der Waals surface area contributed by atoms with Crippen molar-refractivity contribution < 1.29 is 14.3 Å². The van der Waals surface area contributed by atoms with E-state index in [1.807, 2.05) is 11.8 Å². The summed E-state index contributed by atoms with van der Waals surface area (Å²) < 4.78 is 12.1. The highest BCUT2D eigenvalue weighted by Crippen LogP contribution is 2.54. The molecule has 0 aromatic heterocycles.